The van der Waals surface area contributed by atoms with Crippen LogP contribution in [0.2, 0.25) is 0 Å². The zero-order valence-corrected chi connectivity index (χ0v) is 20.3. The summed E-state index contributed by atoms with van der Waals surface area (Å²) < 4.78 is 10.8. The van der Waals surface area contributed by atoms with Crippen LogP contribution in [0.15, 0.2) is 66.0 Å². The highest BCUT2D eigenvalue weighted by Gasteiger charge is 2.47. The van der Waals surface area contributed by atoms with Crippen molar-refractivity contribution in [2.75, 3.05) is 25.6 Å². The van der Waals surface area contributed by atoms with Gasteiger partial charge >= 0.3 is 6.09 Å². The van der Waals surface area contributed by atoms with E-state index < -0.39 is 18.2 Å². The molecule has 0 bridgehead atoms. The van der Waals surface area contributed by atoms with Gasteiger partial charge in [0.15, 0.2) is 12.1 Å². The number of amides is 3. The van der Waals surface area contributed by atoms with E-state index in [-0.39, 0.29) is 18.4 Å². The predicted octanol–water partition coefficient (Wildman–Crippen LogP) is 4.13. The molecule has 0 radical (unpaired) electrons. The number of hydrogen-bond acceptors (Lipinski definition) is 6. The van der Waals surface area contributed by atoms with E-state index in [0.717, 1.165) is 11.1 Å². The second-order valence-corrected chi connectivity index (χ2v) is 9.15. The minimum Gasteiger partial charge on any atom is -0.438 e. The summed E-state index contributed by atoms with van der Waals surface area (Å²) in [4.78, 5) is 40.6. The second kappa shape index (κ2) is 11.2. The third-order valence-corrected chi connectivity index (χ3v) is 6.52. The lowest BCUT2D eigenvalue weighted by Gasteiger charge is -2.24. The first-order chi connectivity index (χ1) is 17.0. The average Bonchev–Trinajstić information content (AvgIpc) is 3.50. The lowest BCUT2D eigenvalue weighted by Crippen LogP contribution is -2.47. The Morgan fingerprint density at radius 2 is 1.91 bits per heavy atom. The molecule has 1 saturated heterocycles. The number of nitrogens with one attached hydrogen (secondary N) is 2. The van der Waals surface area contributed by atoms with E-state index in [9.17, 15) is 14.4 Å². The predicted molar refractivity (Wildman–Crippen MR) is 133 cm³/mol. The number of rotatable bonds is 9. The van der Waals surface area contributed by atoms with E-state index in [1.54, 1.807) is 37.4 Å². The summed E-state index contributed by atoms with van der Waals surface area (Å²) in [5, 5.41) is 7.52. The Balaban J connectivity index is 1.59. The van der Waals surface area contributed by atoms with Crippen molar-refractivity contribution in [1.29, 1.82) is 0 Å². The number of thiophene rings is 1. The number of benzene rings is 2. The van der Waals surface area contributed by atoms with Gasteiger partial charge in [-0.15, -0.1) is 11.3 Å². The van der Waals surface area contributed by atoms with Crippen LogP contribution in [0.3, 0.4) is 0 Å². The Bertz CT molecular complexity index is 1180. The highest BCUT2D eigenvalue weighted by atomic mass is 32.1. The van der Waals surface area contributed by atoms with Crippen molar-refractivity contribution in [3.63, 3.8) is 0 Å². The molecule has 0 unspecified atom stereocenters. The van der Waals surface area contributed by atoms with Crippen molar-refractivity contribution in [3.8, 4) is 0 Å². The maximum atomic E-state index is 13.2. The van der Waals surface area contributed by atoms with Crippen LogP contribution in [0.1, 0.15) is 32.5 Å². The number of aryl methyl sites for hydroxylation is 1. The van der Waals surface area contributed by atoms with Gasteiger partial charge < -0.3 is 20.1 Å². The van der Waals surface area contributed by atoms with Crippen LogP contribution >= 0.6 is 11.3 Å². The molecule has 0 spiro atoms. The minimum atomic E-state index is -0.885. The molecule has 4 rings (SSSR count). The maximum absolute atomic E-state index is 13.2. The highest BCUT2D eigenvalue weighted by Crippen LogP contribution is 2.35. The van der Waals surface area contributed by atoms with Crippen LogP contribution in [0.4, 0.5) is 10.5 Å². The van der Waals surface area contributed by atoms with Gasteiger partial charge in [-0.3, -0.25) is 14.5 Å². The number of anilines is 1. The molecule has 1 aromatic heterocycles. The highest BCUT2D eigenvalue weighted by molar-refractivity contribution is 7.12. The Morgan fingerprint density at radius 3 is 2.63 bits per heavy atom. The molecular formula is C26H27N3O5S. The molecule has 1 aliphatic rings. The van der Waals surface area contributed by atoms with E-state index in [0.29, 0.717) is 29.3 Å². The quantitative estimate of drug-likeness (QED) is 0.437. The van der Waals surface area contributed by atoms with Crippen LogP contribution in [-0.2, 0) is 20.8 Å². The van der Waals surface area contributed by atoms with Crippen LogP contribution in [0.25, 0.3) is 0 Å². The lowest BCUT2D eigenvalue weighted by atomic mass is 10.00. The molecule has 0 aliphatic carbocycles. The fourth-order valence-corrected chi connectivity index (χ4v) is 4.49. The summed E-state index contributed by atoms with van der Waals surface area (Å²) in [6.45, 7) is 2.87. The molecule has 3 aromatic rings. The number of carbonyl (C=O) groups is 3. The lowest BCUT2D eigenvalue weighted by molar-refractivity contribution is -0.126. The number of methoxy groups -OCH3 is 1. The molecular weight excluding hydrogens is 466 g/mol. The van der Waals surface area contributed by atoms with Gasteiger partial charge in [0.25, 0.3) is 5.91 Å². The molecule has 2 heterocycles. The molecule has 1 fully saturated rings. The van der Waals surface area contributed by atoms with Gasteiger partial charge in [-0.05, 0) is 41.6 Å². The summed E-state index contributed by atoms with van der Waals surface area (Å²) in [5.74, 6) is -0.562. The largest absolute Gasteiger partial charge is 0.438 e. The van der Waals surface area contributed by atoms with Crippen LogP contribution < -0.4 is 10.6 Å². The van der Waals surface area contributed by atoms with Gasteiger partial charge in [0, 0.05) is 19.3 Å². The molecule has 0 saturated carbocycles. The number of ether oxygens (including phenoxy) is 2. The molecule has 2 atom stereocenters. The van der Waals surface area contributed by atoms with Crippen LogP contribution in [-0.4, -0.2) is 49.1 Å². The summed E-state index contributed by atoms with van der Waals surface area (Å²) in [6, 6.07) is 17.5. The molecule has 1 aliphatic heterocycles. The summed E-state index contributed by atoms with van der Waals surface area (Å²) in [5.41, 5.74) is 3.15. The third kappa shape index (κ3) is 5.87. The van der Waals surface area contributed by atoms with E-state index in [1.165, 1.54) is 16.2 Å². The molecule has 2 N–H and O–H groups in total. The first-order valence-electron chi connectivity index (χ1n) is 11.2. The second-order valence-electron chi connectivity index (χ2n) is 8.20. The molecule has 2 aromatic carbocycles. The van der Waals surface area contributed by atoms with Gasteiger partial charge in [-0.2, -0.15) is 0 Å². The monoisotopic (exact) mass is 493 g/mol. The first kappa shape index (κ1) is 24.4. The van der Waals surface area contributed by atoms with E-state index >= 15 is 0 Å². The van der Waals surface area contributed by atoms with Gasteiger partial charge in [-0.1, -0.05) is 48.0 Å². The molecule has 35 heavy (non-hydrogen) atoms. The number of nitrogens with zero attached hydrogens (tertiary/aromatic N) is 1. The number of carbonyl (C=O) groups excluding carboxylic acids is 3. The van der Waals surface area contributed by atoms with E-state index in [2.05, 4.69) is 10.6 Å². The van der Waals surface area contributed by atoms with E-state index in [1.807, 2.05) is 42.6 Å². The van der Waals surface area contributed by atoms with Gasteiger partial charge in [0.1, 0.15) is 0 Å². The Hall–Kier alpha value is -3.69. The summed E-state index contributed by atoms with van der Waals surface area (Å²) in [7, 11) is 1.55. The fourth-order valence-electron chi connectivity index (χ4n) is 3.87. The summed E-state index contributed by atoms with van der Waals surface area (Å²) in [6.07, 6.45) is -1.41. The molecule has 8 nitrogen and oxygen atoms in total. The van der Waals surface area contributed by atoms with E-state index in [4.69, 9.17) is 9.47 Å². The number of cyclic esters (lactones) is 1. The Morgan fingerprint density at radius 1 is 1.11 bits per heavy atom. The SMILES string of the molecule is COCCNC(=O)[C@H]1[C@@H](c2cccc(NC(=O)c3cccs3)c2)OC(=O)N1Cc1ccc(C)cc1. The van der Waals surface area contributed by atoms with Crippen molar-refractivity contribution in [2.45, 2.75) is 25.6 Å². The average molecular weight is 494 g/mol. The van der Waals surface area contributed by atoms with Crippen molar-refractivity contribution in [3.05, 3.63) is 87.6 Å². The Labute approximate surface area is 207 Å². The van der Waals surface area contributed by atoms with Gasteiger partial charge in [-0.25, -0.2) is 4.79 Å². The zero-order valence-electron chi connectivity index (χ0n) is 19.5. The first-order valence-corrected chi connectivity index (χ1v) is 12.1. The van der Waals surface area contributed by atoms with Crippen LogP contribution in [0, 0.1) is 6.92 Å². The smallest absolute Gasteiger partial charge is 0.411 e. The Kier molecular flexibility index (Phi) is 7.79. The third-order valence-electron chi connectivity index (χ3n) is 5.65. The molecule has 9 heteroatoms. The molecule has 3 amide bonds. The van der Waals surface area contributed by atoms with Crippen molar-refractivity contribution >= 4 is 34.9 Å². The van der Waals surface area contributed by atoms with Crippen molar-refractivity contribution < 1.29 is 23.9 Å². The zero-order chi connectivity index (χ0) is 24.8. The fraction of sp³-hybridized carbons (Fsp3) is 0.269. The standard InChI is InChI=1S/C26H27N3O5S/c1-17-8-10-18(11-9-17)16-29-22(25(31)27-12-13-33-2)23(34-26(29)32)19-5-3-6-20(15-19)28-24(30)21-7-4-14-35-21/h3-11,14-15,22-23H,12-13,16H2,1-2H3,(H,27,31)(H,28,30)/t22-,23-/m1/s1. The topological polar surface area (TPSA) is 97.0 Å². The van der Waals surface area contributed by atoms with Crippen molar-refractivity contribution in [2.24, 2.45) is 0 Å². The van der Waals surface area contributed by atoms with Gasteiger partial charge in [0.2, 0.25) is 5.91 Å². The number of hydrogen-bond donors (Lipinski definition) is 2. The maximum Gasteiger partial charge on any atom is 0.411 e. The minimum absolute atomic E-state index is 0.226. The summed E-state index contributed by atoms with van der Waals surface area (Å²) >= 11 is 1.34. The van der Waals surface area contributed by atoms with Crippen molar-refractivity contribution in [1.82, 2.24) is 10.2 Å². The van der Waals surface area contributed by atoms with Crippen LogP contribution in [0.5, 0.6) is 0 Å². The molecule has 182 valence electrons. The van der Waals surface area contributed by atoms with Gasteiger partial charge in [0.05, 0.1) is 18.0 Å². The normalized spacial score (nSPS) is 17.2.